The van der Waals surface area contributed by atoms with Gasteiger partial charge in [-0.1, -0.05) is 11.6 Å². The molecule has 1 aromatic heterocycles. The van der Waals surface area contributed by atoms with Crippen LogP contribution in [0.2, 0.25) is 5.15 Å². The van der Waals surface area contributed by atoms with Gasteiger partial charge in [-0.25, -0.2) is 18.2 Å². The number of nitrogens with zero attached hydrogens (tertiary/aromatic N) is 1. The molecule has 1 aliphatic rings. The molecule has 0 radical (unpaired) electrons. The molecule has 27 heavy (non-hydrogen) atoms. The molecule has 0 aliphatic heterocycles. The largest absolute Gasteiger partial charge is 0.387 e. The molecular formula is C17H23ClF3N3O3. The summed E-state index contributed by atoms with van der Waals surface area (Å²) in [6.45, 7) is 2.09. The second kappa shape index (κ2) is 8.20. The lowest BCUT2D eigenvalue weighted by Crippen LogP contribution is -2.50. The van der Waals surface area contributed by atoms with Crippen molar-refractivity contribution >= 4 is 23.2 Å². The zero-order valence-electron chi connectivity index (χ0n) is 15.0. The molecule has 0 spiro atoms. The number of aromatic nitrogens is 1. The predicted octanol–water partition coefficient (Wildman–Crippen LogP) is 2.53. The number of nitrogens with one attached hydrogen (secondary N) is 2. The first-order valence-corrected chi connectivity index (χ1v) is 8.92. The van der Waals surface area contributed by atoms with Crippen molar-refractivity contribution in [3.05, 3.63) is 23.0 Å². The first-order valence-electron chi connectivity index (χ1n) is 8.54. The Morgan fingerprint density at radius 1 is 1.52 bits per heavy atom. The van der Waals surface area contributed by atoms with Gasteiger partial charge in [-0.3, -0.25) is 4.79 Å². The summed E-state index contributed by atoms with van der Waals surface area (Å²) in [4.78, 5) is 16.2. The molecule has 1 aromatic rings. The van der Waals surface area contributed by atoms with Gasteiger partial charge in [0.1, 0.15) is 17.4 Å². The number of carbonyl (C=O) groups excluding carboxylic acids is 1. The van der Waals surface area contributed by atoms with Crippen molar-refractivity contribution < 1.29 is 28.2 Å². The molecule has 10 heteroatoms. The number of hydrogen-bond donors (Lipinski definition) is 4. The zero-order valence-corrected chi connectivity index (χ0v) is 15.7. The Kier molecular flexibility index (Phi) is 6.59. The fraction of sp³-hybridized carbons (Fsp3) is 0.647. The highest BCUT2D eigenvalue weighted by Crippen LogP contribution is 2.35. The Balaban J connectivity index is 2.16. The average molecular weight is 410 g/mol. The summed E-state index contributed by atoms with van der Waals surface area (Å²) < 4.78 is 41.3. The molecule has 0 bridgehead atoms. The molecule has 1 heterocycles. The third-order valence-electron chi connectivity index (χ3n) is 4.50. The lowest BCUT2D eigenvalue weighted by molar-refractivity contribution is -0.135. The zero-order chi connectivity index (χ0) is 20.4. The summed E-state index contributed by atoms with van der Waals surface area (Å²) in [6.07, 6.45) is -2.42. The topological polar surface area (TPSA) is 94.5 Å². The number of rotatable bonds is 6. The van der Waals surface area contributed by atoms with Crippen LogP contribution in [0.1, 0.15) is 43.5 Å². The second-order valence-corrected chi connectivity index (χ2v) is 7.62. The molecule has 152 valence electrons. The number of alkyl halides is 3. The number of aliphatic hydroxyl groups excluding tert-OH is 1. The van der Waals surface area contributed by atoms with E-state index in [0.717, 1.165) is 6.20 Å². The van der Waals surface area contributed by atoms with Crippen molar-refractivity contribution in [3.8, 4) is 0 Å². The predicted molar refractivity (Wildman–Crippen MR) is 95.0 cm³/mol. The normalized spacial score (nSPS) is 23.6. The third kappa shape index (κ3) is 5.46. The smallest absolute Gasteiger partial charge is 0.275 e. The Bertz CT molecular complexity index is 685. The summed E-state index contributed by atoms with van der Waals surface area (Å²) in [5.74, 6) is -3.95. The van der Waals surface area contributed by atoms with Crippen LogP contribution in [0.4, 0.5) is 18.9 Å². The number of amides is 1. The van der Waals surface area contributed by atoms with Crippen LogP contribution in [-0.4, -0.2) is 57.5 Å². The van der Waals surface area contributed by atoms with Crippen LogP contribution in [0.5, 0.6) is 0 Å². The number of pyridine rings is 1. The summed E-state index contributed by atoms with van der Waals surface area (Å²) in [5, 5.41) is 24.5. The summed E-state index contributed by atoms with van der Waals surface area (Å²) >= 11 is 5.83. The second-order valence-electron chi connectivity index (χ2n) is 7.23. The van der Waals surface area contributed by atoms with Gasteiger partial charge < -0.3 is 20.8 Å². The maximum absolute atomic E-state index is 13.8. The quantitative estimate of drug-likeness (QED) is 0.542. The van der Waals surface area contributed by atoms with Crippen LogP contribution in [0.15, 0.2) is 12.3 Å². The van der Waals surface area contributed by atoms with Crippen molar-refractivity contribution in [1.29, 1.82) is 0 Å². The molecule has 1 aliphatic carbocycles. The summed E-state index contributed by atoms with van der Waals surface area (Å²) in [5.41, 5.74) is -1.57. The summed E-state index contributed by atoms with van der Waals surface area (Å²) in [6, 6.07) is 0.294. The maximum atomic E-state index is 13.8. The van der Waals surface area contributed by atoms with Crippen LogP contribution in [0.3, 0.4) is 0 Å². The number of carbonyl (C=O) groups is 1. The highest BCUT2D eigenvalue weighted by Gasteiger charge is 2.46. The molecule has 3 atom stereocenters. The monoisotopic (exact) mass is 409 g/mol. The Labute approximate surface area is 160 Å². The van der Waals surface area contributed by atoms with E-state index in [1.165, 1.54) is 19.9 Å². The van der Waals surface area contributed by atoms with E-state index >= 15 is 0 Å². The number of aliphatic hydroxyl groups is 2. The first kappa shape index (κ1) is 21.7. The Hall–Kier alpha value is -1.58. The van der Waals surface area contributed by atoms with Crippen molar-refractivity contribution in [2.45, 2.75) is 63.0 Å². The van der Waals surface area contributed by atoms with Crippen molar-refractivity contribution in [1.82, 2.24) is 10.3 Å². The van der Waals surface area contributed by atoms with Crippen LogP contribution >= 0.6 is 11.6 Å². The number of anilines is 1. The molecule has 0 unspecified atom stereocenters. The summed E-state index contributed by atoms with van der Waals surface area (Å²) in [7, 11) is 0. The van der Waals surface area contributed by atoms with E-state index in [0.29, 0.717) is 0 Å². The van der Waals surface area contributed by atoms with Crippen molar-refractivity contribution in [2.75, 3.05) is 11.9 Å². The minimum absolute atomic E-state index is 0.0194. The maximum Gasteiger partial charge on any atom is 0.275 e. The highest BCUT2D eigenvalue weighted by atomic mass is 35.5. The van der Waals surface area contributed by atoms with Gasteiger partial charge in [-0.15, -0.1) is 0 Å². The molecule has 0 saturated heterocycles. The van der Waals surface area contributed by atoms with E-state index in [-0.39, 0.29) is 29.2 Å². The van der Waals surface area contributed by atoms with Gasteiger partial charge in [0.15, 0.2) is 0 Å². The van der Waals surface area contributed by atoms with E-state index in [4.69, 9.17) is 11.6 Å². The van der Waals surface area contributed by atoms with Crippen LogP contribution in [0, 0.1) is 0 Å². The molecule has 1 fully saturated rings. The van der Waals surface area contributed by atoms with Gasteiger partial charge in [0.25, 0.3) is 11.8 Å². The first-order chi connectivity index (χ1) is 12.4. The molecule has 6 nitrogen and oxygen atoms in total. The Morgan fingerprint density at radius 3 is 2.81 bits per heavy atom. The lowest BCUT2D eigenvalue weighted by Gasteiger charge is -2.35. The Morgan fingerprint density at radius 2 is 2.19 bits per heavy atom. The molecule has 0 aromatic carbocycles. The average Bonchev–Trinajstić information content (AvgIpc) is 2.55. The molecule has 4 N–H and O–H groups in total. The number of halogens is 4. The van der Waals surface area contributed by atoms with Crippen LogP contribution in [0.25, 0.3) is 0 Å². The third-order valence-corrected chi connectivity index (χ3v) is 4.71. The van der Waals surface area contributed by atoms with Gasteiger partial charge in [-0.05, 0) is 32.8 Å². The van der Waals surface area contributed by atoms with E-state index in [1.54, 1.807) is 0 Å². The highest BCUT2D eigenvalue weighted by molar-refractivity contribution is 6.29. The van der Waals surface area contributed by atoms with Crippen molar-refractivity contribution in [2.24, 2.45) is 0 Å². The van der Waals surface area contributed by atoms with Gasteiger partial charge in [-0.2, -0.15) is 0 Å². The minimum atomic E-state index is -3.23. The fourth-order valence-corrected chi connectivity index (χ4v) is 2.92. The lowest BCUT2D eigenvalue weighted by atomic mass is 9.89. The van der Waals surface area contributed by atoms with Crippen LogP contribution in [-0.2, 0) is 0 Å². The van der Waals surface area contributed by atoms with Gasteiger partial charge in [0.05, 0.1) is 29.4 Å². The van der Waals surface area contributed by atoms with E-state index < -0.39 is 48.7 Å². The standard InChI is InChI=1S/C17H23ClF3N3O3/c1-16(2,27)12(19)8-23-15(26)9-7-22-13(18)6-11(9)24-10-4-3-5-17(20,21)14(10)25/h6-7,10,12,14,25,27H,3-5,8H2,1-2H3,(H,22,24)(H,23,26)/t10-,12+,14+/m0/s1. The van der Waals surface area contributed by atoms with E-state index in [2.05, 4.69) is 15.6 Å². The van der Waals surface area contributed by atoms with Gasteiger partial charge in [0, 0.05) is 12.6 Å². The van der Waals surface area contributed by atoms with Crippen molar-refractivity contribution in [3.63, 3.8) is 0 Å². The molecular weight excluding hydrogens is 387 g/mol. The number of hydrogen-bond acceptors (Lipinski definition) is 5. The molecule has 2 rings (SSSR count). The van der Waals surface area contributed by atoms with E-state index in [1.807, 2.05) is 0 Å². The van der Waals surface area contributed by atoms with Gasteiger partial charge in [0.2, 0.25) is 0 Å². The van der Waals surface area contributed by atoms with Gasteiger partial charge >= 0.3 is 0 Å². The fourth-order valence-electron chi connectivity index (χ4n) is 2.77. The minimum Gasteiger partial charge on any atom is -0.387 e. The molecule has 1 amide bonds. The molecule has 1 saturated carbocycles. The SMILES string of the molecule is CC(C)(O)[C@H](F)CNC(=O)c1cnc(Cl)cc1N[C@H]1CCCC(F)(F)[C@@H]1O. The van der Waals surface area contributed by atoms with E-state index in [9.17, 15) is 28.2 Å². The van der Waals surface area contributed by atoms with Crippen LogP contribution < -0.4 is 10.6 Å².